The Morgan fingerprint density at radius 3 is 2.48 bits per heavy atom. The Balaban J connectivity index is 2.12. The topological polar surface area (TPSA) is 44.5 Å². The summed E-state index contributed by atoms with van der Waals surface area (Å²) in [6, 6.07) is 2.86. The van der Waals surface area contributed by atoms with Gasteiger partial charge >= 0.3 is 0 Å². The van der Waals surface area contributed by atoms with Gasteiger partial charge in [0.25, 0.3) is 0 Å². The van der Waals surface area contributed by atoms with Crippen molar-refractivity contribution in [3.05, 3.63) is 17.9 Å². The normalized spacial score (nSPS) is 25.9. The minimum Gasteiger partial charge on any atom is -0.488 e. The van der Waals surface area contributed by atoms with E-state index in [0.717, 1.165) is 25.2 Å². The fraction of sp³-hybridized carbons (Fsp3) is 0.647. The molecular formula is C17H26FNO2. The highest BCUT2D eigenvalue weighted by atomic mass is 19.1. The fourth-order valence-corrected chi connectivity index (χ4v) is 2.78. The molecule has 3 atom stereocenters. The standard InChI is InChI=1S/C17H26FNO2/c1-10(2)20-16-9-17(15(19)8-14(16)18)21-13-6-5-11(3)12(4)7-13/h8-13H,5-7,19H2,1-4H3. The summed E-state index contributed by atoms with van der Waals surface area (Å²) in [6.45, 7) is 8.25. The summed E-state index contributed by atoms with van der Waals surface area (Å²) in [5, 5.41) is 0. The molecule has 0 spiro atoms. The molecule has 0 amide bonds. The third-order valence-electron chi connectivity index (χ3n) is 4.27. The number of anilines is 1. The lowest BCUT2D eigenvalue weighted by atomic mass is 9.80. The van der Waals surface area contributed by atoms with Crippen molar-refractivity contribution in [1.29, 1.82) is 0 Å². The lowest BCUT2D eigenvalue weighted by Crippen LogP contribution is -2.29. The summed E-state index contributed by atoms with van der Waals surface area (Å²) in [7, 11) is 0. The third kappa shape index (κ3) is 4.02. The Morgan fingerprint density at radius 1 is 1.14 bits per heavy atom. The van der Waals surface area contributed by atoms with Crippen LogP contribution in [0, 0.1) is 17.7 Å². The van der Waals surface area contributed by atoms with Crippen molar-refractivity contribution in [3.8, 4) is 11.5 Å². The van der Waals surface area contributed by atoms with Crippen molar-refractivity contribution in [2.45, 2.75) is 59.2 Å². The van der Waals surface area contributed by atoms with E-state index < -0.39 is 5.82 Å². The average molecular weight is 295 g/mol. The summed E-state index contributed by atoms with van der Waals surface area (Å²) in [5.74, 6) is 1.65. The van der Waals surface area contributed by atoms with E-state index in [0.29, 0.717) is 17.4 Å². The zero-order valence-corrected chi connectivity index (χ0v) is 13.4. The second-order valence-electron chi connectivity index (χ2n) is 6.49. The lowest BCUT2D eigenvalue weighted by molar-refractivity contribution is 0.101. The molecule has 0 aliphatic heterocycles. The van der Waals surface area contributed by atoms with Gasteiger partial charge in [-0.25, -0.2) is 4.39 Å². The summed E-state index contributed by atoms with van der Waals surface area (Å²) >= 11 is 0. The second-order valence-corrected chi connectivity index (χ2v) is 6.49. The SMILES string of the molecule is CC(C)Oc1cc(OC2CCC(C)C(C)C2)c(N)cc1F. The molecule has 118 valence electrons. The molecule has 4 heteroatoms. The molecule has 1 fully saturated rings. The van der Waals surface area contributed by atoms with Crippen molar-refractivity contribution < 1.29 is 13.9 Å². The first kappa shape index (κ1) is 15.9. The van der Waals surface area contributed by atoms with Crippen LogP contribution >= 0.6 is 0 Å². The Labute approximate surface area is 126 Å². The molecule has 3 unspecified atom stereocenters. The van der Waals surface area contributed by atoms with Gasteiger partial charge in [-0.05, 0) is 44.9 Å². The van der Waals surface area contributed by atoms with Gasteiger partial charge in [-0.3, -0.25) is 0 Å². The first-order valence-electron chi connectivity index (χ1n) is 7.79. The molecule has 1 aliphatic rings. The van der Waals surface area contributed by atoms with Crippen LogP contribution in [0.25, 0.3) is 0 Å². The summed E-state index contributed by atoms with van der Waals surface area (Å²) in [4.78, 5) is 0. The maximum atomic E-state index is 13.8. The first-order chi connectivity index (χ1) is 9.86. The van der Waals surface area contributed by atoms with Crippen molar-refractivity contribution in [2.75, 3.05) is 5.73 Å². The van der Waals surface area contributed by atoms with Crippen LogP contribution in [0.1, 0.15) is 47.0 Å². The molecular weight excluding hydrogens is 269 g/mol. The molecule has 21 heavy (non-hydrogen) atoms. The van der Waals surface area contributed by atoms with Crippen LogP contribution in [0.3, 0.4) is 0 Å². The highest BCUT2D eigenvalue weighted by Gasteiger charge is 2.26. The van der Waals surface area contributed by atoms with Gasteiger partial charge in [0, 0.05) is 12.1 Å². The monoisotopic (exact) mass is 295 g/mol. The van der Waals surface area contributed by atoms with E-state index in [-0.39, 0.29) is 18.0 Å². The molecule has 1 aliphatic carbocycles. The molecule has 1 aromatic rings. The van der Waals surface area contributed by atoms with Gasteiger partial charge in [0.2, 0.25) is 0 Å². The van der Waals surface area contributed by atoms with Crippen molar-refractivity contribution in [3.63, 3.8) is 0 Å². The zero-order chi connectivity index (χ0) is 15.6. The smallest absolute Gasteiger partial charge is 0.167 e. The largest absolute Gasteiger partial charge is 0.488 e. The number of nitrogens with two attached hydrogens (primary N) is 1. The van der Waals surface area contributed by atoms with Crippen molar-refractivity contribution >= 4 is 5.69 Å². The van der Waals surface area contributed by atoms with Gasteiger partial charge in [0.05, 0.1) is 17.9 Å². The van der Waals surface area contributed by atoms with Gasteiger partial charge in [-0.2, -0.15) is 0 Å². The fourth-order valence-electron chi connectivity index (χ4n) is 2.78. The minimum atomic E-state index is -0.445. The second kappa shape index (κ2) is 6.54. The Bertz CT molecular complexity index is 490. The predicted octanol–water partition coefficient (Wildman–Crippen LogP) is 4.40. The van der Waals surface area contributed by atoms with Crippen LogP contribution in [0.5, 0.6) is 11.5 Å². The average Bonchev–Trinajstić information content (AvgIpc) is 2.39. The quantitative estimate of drug-likeness (QED) is 0.837. The maximum Gasteiger partial charge on any atom is 0.167 e. The van der Waals surface area contributed by atoms with Crippen molar-refractivity contribution in [1.82, 2.24) is 0 Å². The number of halogens is 1. The Kier molecular flexibility index (Phi) is 4.96. The van der Waals surface area contributed by atoms with Crippen molar-refractivity contribution in [2.24, 2.45) is 11.8 Å². The third-order valence-corrected chi connectivity index (χ3v) is 4.27. The number of hydrogen-bond donors (Lipinski definition) is 1. The van der Waals surface area contributed by atoms with Gasteiger partial charge < -0.3 is 15.2 Å². The van der Waals surface area contributed by atoms with Crippen LogP contribution < -0.4 is 15.2 Å². The van der Waals surface area contributed by atoms with Gasteiger partial charge in [-0.15, -0.1) is 0 Å². The number of rotatable bonds is 4. The molecule has 0 radical (unpaired) electrons. The first-order valence-corrected chi connectivity index (χ1v) is 7.79. The van der Waals surface area contributed by atoms with E-state index in [2.05, 4.69) is 13.8 Å². The highest BCUT2D eigenvalue weighted by molar-refractivity contribution is 5.56. The molecule has 0 bridgehead atoms. The number of ether oxygens (including phenoxy) is 2. The summed E-state index contributed by atoms with van der Waals surface area (Å²) < 4.78 is 25.3. The molecule has 0 heterocycles. The van der Waals surface area contributed by atoms with Gasteiger partial charge in [-0.1, -0.05) is 13.8 Å². The molecule has 3 nitrogen and oxygen atoms in total. The van der Waals surface area contributed by atoms with E-state index in [1.54, 1.807) is 6.07 Å². The van der Waals surface area contributed by atoms with Gasteiger partial charge in [0.15, 0.2) is 11.6 Å². The zero-order valence-electron chi connectivity index (χ0n) is 13.4. The van der Waals surface area contributed by atoms with Crippen LogP contribution in [0.2, 0.25) is 0 Å². The number of benzene rings is 1. The predicted molar refractivity (Wildman–Crippen MR) is 83.2 cm³/mol. The highest BCUT2D eigenvalue weighted by Crippen LogP contribution is 2.36. The number of hydrogen-bond acceptors (Lipinski definition) is 3. The maximum absolute atomic E-state index is 13.8. The van der Waals surface area contributed by atoms with E-state index in [1.165, 1.54) is 6.07 Å². The molecule has 2 N–H and O–H groups in total. The molecule has 1 saturated carbocycles. The molecule has 2 rings (SSSR count). The van der Waals surface area contributed by atoms with E-state index in [4.69, 9.17) is 15.2 Å². The van der Waals surface area contributed by atoms with E-state index in [9.17, 15) is 4.39 Å². The van der Waals surface area contributed by atoms with Crippen LogP contribution in [0.15, 0.2) is 12.1 Å². The van der Waals surface area contributed by atoms with E-state index in [1.807, 2.05) is 13.8 Å². The lowest BCUT2D eigenvalue weighted by Gasteiger charge is -2.32. The minimum absolute atomic E-state index is 0.0912. The van der Waals surface area contributed by atoms with Crippen LogP contribution in [-0.4, -0.2) is 12.2 Å². The number of nitrogen functional groups attached to an aromatic ring is 1. The molecule has 0 saturated heterocycles. The van der Waals surface area contributed by atoms with Crippen LogP contribution in [-0.2, 0) is 0 Å². The summed E-state index contributed by atoms with van der Waals surface area (Å²) in [5.41, 5.74) is 6.21. The Hall–Kier alpha value is -1.45. The van der Waals surface area contributed by atoms with Gasteiger partial charge in [0.1, 0.15) is 5.75 Å². The summed E-state index contributed by atoms with van der Waals surface area (Å²) in [6.07, 6.45) is 3.24. The van der Waals surface area contributed by atoms with E-state index >= 15 is 0 Å². The molecule has 0 aromatic heterocycles. The van der Waals surface area contributed by atoms with Crippen LogP contribution in [0.4, 0.5) is 10.1 Å². The Morgan fingerprint density at radius 2 is 1.86 bits per heavy atom. The molecule has 1 aromatic carbocycles.